The Balaban J connectivity index is 2.50. The van der Waals surface area contributed by atoms with Crippen LogP contribution in [0.2, 0.25) is 0 Å². The number of hydrogen-bond acceptors (Lipinski definition) is 1. The first kappa shape index (κ1) is 13.2. The van der Waals surface area contributed by atoms with Crippen LogP contribution >= 0.6 is 15.9 Å². The fourth-order valence-electron chi connectivity index (χ4n) is 1.13. The van der Waals surface area contributed by atoms with Crippen LogP contribution in [0.3, 0.4) is 0 Å². The van der Waals surface area contributed by atoms with Gasteiger partial charge in [0.05, 0.1) is 0 Å². The number of hydrogen-bond donors (Lipinski definition) is 1. The number of halogens is 2. The normalized spacial score (nSPS) is 12.6. The lowest BCUT2D eigenvalue weighted by atomic mass is 10.1. The molecular weight excluding hydrogens is 273 g/mol. The van der Waals surface area contributed by atoms with Gasteiger partial charge < -0.3 is 5.32 Å². The molecule has 4 heteroatoms. The van der Waals surface area contributed by atoms with Crippen molar-refractivity contribution >= 4 is 21.8 Å². The minimum atomic E-state index is -0.336. The smallest absolute Gasteiger partial charge is 0.251 e. The summed E-state index contributed by atoms with van der Waals surface area (Å²) in [6.07, 6.45) is 0. The number of benzene rings is 1. The van der Waals surface area contributed by atoms with Crippen LogP contribution in [-0.2, 0) is 0 Å². The molecule has 0 aliphatic heterocycles. The van der Waals surface area contributed by atoms with Gasteiger partial charge in [0.15, 0.2) is 0 Å². The third-order valence-corrected chi connectivity index (χ3v) is 3.67. The molecule has 0 saturated heterocycles. The molecule has 2 nitrogen and oxygen atoms in total. The number of nitrogens with one attached hydrogen (secondary N) is 1. The van der Waals surface area contributed by atoms with Gasteiger partial charge in [-0.05, 0) is 30.2 Å². The minimum absolute atomic E-state index is 0.176. The second-order valence-electron chi connectivity index (χ2n) is 3.98. The van der Waals surface area contributed by atoms with Crippen LogP contribution in [0.5, 0.6) is 0 Å². The van der Waals surface area contributed by atoms with Crippen LogP contribution in [0.25, 0.3) is 0 Å². The van der Waals surface area contributed by atoms with E-state index in [-0.39, 0.29) is 16.6 Å². The Bertz CT molecular complexity index is 351. The molecule has 0 aromatic heterocycles. The predicted octanol–water partition coefficient (Wildman–Crippen LogP) is 2.98. The first-order valence-corrected chi connectivity index (χ1v) is 6.10. The molecule has 1 aromatic rings. The van der Waals surface area contributed by atoms with Gasteiger partial charge in [-0.25, -0.2) is 4.39 Å². The summed E-state index contributed by atoms with van der Waals surface area (Å²) >= 11 is 3.48. The van der Waals surface area contributed by atoms with Gasteiger partial charge in [-0.3, -0.25) is 4.79 Å². The Morgan fingerprint density at radius 2 is 1.94 bits per heavy atom. The average molecular weight is 288 g/mol. The zero-order valence-electron chi connectivity index (χ0n) is 9.34. The van der Waals surface area contributed by atoms with Crippen molar-refractivity contribution in [1.82, 2.24) is 5.32 Å². The SMILES string of the molecule is CC(C)C(Br)CNC(=O)c1ccc(F)cc1. The second-order valence-corrected chi connectivity index (χ2v) is 5.15. The maximum atomic E-state index is 12.6. The van der Waals surface area contributed by atoms with Gasteiger partial charge in [0.25, 0.3) is 5.91 Å². The first-order chi connectivity index (χ1) is 7.50. The van der Waals surface area contributed by atoms with E-state index in [1.54, 1.807) is 0 Å². The van der Waals surface area contributed by atoms with Gasteiger partial charge in [-0.15, -0.1) is 0 Å². The molecule has 1 rings (SSSR count). The zero-order chi connectivity index (χ0) is 12.1. The van der Waals surface area contributed by atoms with E-state index in [2.05, 4.69) is 35.1 Å². The van der Waals surface area contributed by atoms with Crippen molar-refractivity contribution in [2.24, 2.45) is 5.92 Å². The van der Waals surface area contributed by atoms with E-state index in [4.69, 9.17) is 0 Å². The van der Waals surface area contributed by atoms with E-state index >= 15 is 0 Å². The Hall–Kier alpha value is -0.900. The van der Waals surface area contributed by atoms with E-state index in [1.165, 1.54) is 24.3 Å². The number of amides is 1. The molecule has 88 valence electrons. The highest BCUT2D eigenvalue weighted by Crippen LogP contribution is 2.10. The van der Waals surface area contributed by atoms with Crippen molar-refractivity contribution in [3.63, 3.8) is 0 Å². The predicted molar refractivity (Wildman–Crippen MR) is 66.3 cm³/mol. The molecule has 1 unspecified atom stereocenters. The third kappa shape index (κ3) is 3.93. The number of carbonyl (C=O) groups excluding carboxylic acids is 1. The van der Waals surface area contributed by atoms with Crippen LogP contribution in [0.15, 0.2) is 24.3 Å². The van der Waals surface area contributed by atoms with Crippen LogP contribution < -0.4 is 5.32 Å². The van der Waals surface area contributed by atoms with E-state index in [0.29, 0.717) is 18.0 Å². The van der Waals surface area contributed by atoms with Crippen molar-refractivity contribution in [2.75, 3.05) is 6.54 Å². The summed E-state index contributed by atoms with van der Waals surface area (Å²) in [6.45, 7) is 4.71. The lowest BCUT2D eigenvalue weighted by molar-refractivity contribution is 0.0953. The van der Waals surface area contributed by atoms with Crippen molar-refractivity contribution in [2.45, 2.75) is 18.7 Å². The molecule has 0 aliphatic carbocycles. The first-order valence-electron chi connectivity index (χ1n) is 5.18. The van der Waals surface area contributed by atoms with Crippen LogP contribution in [0, 0.1) is 11.7 Å². The summed E-state index contributed by atoms with van der Waals surface area (Å²) < 4.78 is 12.6. The fraction of sp³-hybridized carbons (Fsp3) is 0.417. The molecule has 16 heavy (non-hydrogen) atoms. The molecule has 0 saturated carbocycles. The van der Waals surface area contributed by atoms with Crippen LogP contribution in [0.4, 0.5) is 4.39 Å². The Morgan fingerprint density at radius 1 is 1.38 bits per heavy atom. The molecule has 0 fully saturated rings. The summed E-state index contributed by atoms with van der Waals surface area (Å²) in [5.74, 6) is -0.0595. The number of alkyl halides is 1. The highest BCUT2D eigenvalue weighted by molar-refractivity contribution is 9.09. The zero-order valence-corrected chi connectivity index (χ0v) is 10.9. The van der Waals surface area contributed by atoms with Gasteiger partial charge in [0.2, 0.25) is 0 Å². The number of carbonyl (C=O) groups is 1. The molecular formula is C12H15BrFNO. The van der Waals surface area contributed by atoms with Gasteiger partial charge in [0.1, 0.15) is 5.82 Å². The van der Waals surface area contributed by atoms with Gasteiger partial charge in [-0.1, -0.05) is 29.8 Å². The average Bonchev–Trinajstić information content (AvgIpc) is 2.26. The summed E-state index contributed by atoms with van der Waals surface area (Å²) in [5, 5.41) is 2.79. The standard InChI is InChI=1S/C12H15BrFNO/c1-8(2)11(13)7-15-12(16)9-3-5-10(14)6-4-9/h3-6,8,11H,7H2,1-2H3,(H,15,16). The molecule has 1 aromatic carbocycles. The largest absolute Gasteiger partial charge is 0.351 e. The molecule has 0 spiro atoms. The minimum Gasteiger partial charge on any atom is -0.351 e. The summed E-state index contributed by atoms with van der Waals surface area (Å²) in [5.41, 5.74) is 0.477. The third-order valence-electron chi connectivity index (χ3n) is 2.29. The van der Waals surface area contributed by atoms with Gasteiger partial charge in [0, 0.05) is 16.9 Å². The summed E-state index contributed by atoms with van der Waals surface area (Å²) in [7, 11) is 0. The van der Waals surface area contributed by atoms with Crippen molar-refractivity contribution in [3.05, 3.63) is 35.6 Å². The summed E-state index contributed by atoms with van der Waals surface area (Å²) in [4.78, 5) is 11.9. The van der Waals surface area contributed by atoms with Crippen LogP contribution in [0.1, 0.15) is 24.2 Å². The van der Waals surface area contributed by atoms with E-state index < -0.39 is 0 Å². The Kier molecular flexibility index (Phi) is 4.93. The number of rotatable bonds is 4. The van der Waals surface area contributed by atoms with Gasteiger partial charge in [-0.2, -0.15) is 0 Å². The van der Waals surface area contributed by atoms with Crippen molar-refractivity contribution in [3.8, 4) is 0 Å². The van der Waals surface area contributed by atoms with E-state index in [9.17, 15) is 9.18 Å². The molecule has 1 atom stereocenters. The van der Waals surface area contributed by atoms with Crippen molar-refractivity contribution < 1.29 is 9.18 Å². The van der Waals surface area contributed by atoms with E-state index in [1.807, 2.05) is 0 Å². The topological polar surface area (TPSA) is 29.1 Å². The van der Waals surface area contributed by atoms with Gasteiger partial charge >= 0.3 is 0 Å². The summed E-state index contributed by atoms with van der Waals surface area (Å²) in [6, 6.07) is 5.51. The molecule has 0 bridgehead atoms. The highest BCUT2D eigenvalue weighted by atomic mass is 79.9. The molecule has 0 aliphatic rings. The lowest BCUT2D eigenvalue weighted by Gasteiger charge is -2.14. The molecule has 0 heterocycles. The molecule has 1 N–H and O–H groups in total. The van der Waals surface area contributed by atoms with Crippen LogP contribution in [-0.4, -0.2) is 17.3 Å². The lowest BCUT2D eigenvalue weighted by Crippen LogP contribution is -2.31. The monoisotopic (exact) mass is 287 g/mol. The maximum Gasteiger partial charge on any atom is 0.251 e. The second kappa shape index (κ2) is 5.99. The molecule has 1 amide bonds. The van der Waals surface area contributed by atoms with Crippen molar-refractivity contribution in [1.29, 1.82) is 0 Å². The highest BCUT2D eigenvalue weighted by Gasteiger charge is 2.11. The Morgan fingerprint density at radius 3 is 2.44 bits per heavy atom. The maximum absolute atomic E-state index is 12.6. The Labute approximate surface area is 103 Å². The molecule has 0 radical (unpaired) electrons. The quantitative estimate of drug-likeness (QED) is 0.848. The fourth-order valence-corrected chi connectivity index (χ4v) is 1.29. The van der Waals surface area contributed by atoms with E-state index in [0.717, 1.165) is 0 Å².